The van der Waals surface area contributed by atoms with Crippen LogP contribution in [0.1, 0.15) is 83.3 Å². The molecule has 0 fully saturated rings. The van der Waals surface area contributed by atoms with Gasteiger partial charge in [0.15, 0.2) is 0 Å². The van der Waals surface area contributed by atoms with E-state index in [9.17, 15) is 0 Å². The Morgan fingerprint density at radius 3 is 1.55 bits per heavy atom. The molecule has 2 aromatic heterocycles. The van der Waals surface area contributed by atoms with Gasteiger partial charge in [0.1, 0.15) is 0 Å². The number of fused-ring (bicyclic) bond motifs is 6. The van der Waals surface area contributed by atoms with Crippen LogP contribution in [0.15, 0.2) is 35.4 Å². The minimum Gasteiger partial charge on any atom is -0.307 e. The molecule has 0 N–H and O–H groups in total. The highest BCUT2D eigenvalue weighted by Crippen LogP contribution is 2.48. The first-order valence-corrected chi connectivity index (χ1v) is 14.1. The molecule has 5 rings (SSSR count). The van der Waals surface area contributed by atoms with Crippen LogP contribution in [0.2, 0.25) is 0 Å². The van der Waals surface area contributed by atoms with Crippen LogP contribution >= 0.6 is 0 Å². The van der Waals surface area contributed by atoms with Crippen molar-refractivity contribution in [1.82, 2.24) is 4.40 Å². The van der Waals surface area contributed by atoms with E-state index < -0.39 is 0 Å². The summed E-state index contributed by atoms with van der Waals surface area (Å²) >= 11 is 0. The highest BCUT2D eigenvalue weighted by molar-refractivity contribution is 6.27. The van der Waals surface area contributed by atoms with E-state index in [2.05, 4.69) is 119 Å². The zero-order valence-corrected chi connectivity index (χ0v) is 25.8. The Kier molecular flexibility index (Phi) is 6.14. The van der Waals surface area contributed by atoms with Gasteiger partial charge in [-0.25, -0.2) is 0 Å². The van der Waals surface area contributed by atoms with Gasteiger partial charge in [0.25, 0.3) is 0 Å². The monoisotopic (exact) mass is 501 g/mol. The van der Waals surface area contributed by atoms with Gasteiger partial charge in [-0.15, -0.1) is 0 Å². The molecular formula is C37H43N. The zero-order chi connectivity index (χ0) is 28.0. The average molecular weight is 502 g/mol. The van der Waals surface area contributed by atoms with Crippen molar-refractivity contribution in [2.45, 2.75) is 90.0 Å². The molecule has 0 unspecified atom stereocenters. The number of benzene rings is 3. The lowest BCUT2D eigenvalue weighted by Crippen LogP contribution is -1.98. The molecule has 0 spiro atoms. The van der Waals surface area contributed by atoms with Crippen LogP contribution in [-0.4, -0.2) is 4.40 Å². The van der Waals surface area contributed by atoms with Crippen molar-refractivity contribution in [3.8, 4) is 0 Å². The normalized spacial score (nSPS) is 13.9. The lowest BCUT2D eigenvalue weighted by atomic mass is 9.86. The summed E-state index contributed by atoms with van der Waals surface area (Å²) in [5, 5.41) is 5.67. The lowest BCUT2D eigenvalue weighted by molar-refractivity contribution is 1.20. The standard InChI is InChI=1S/C37H43N/c1-14-18(3)16-29(19(4)15-2)30-17-31-32-24(9)20(5)22(7)26(11)35(32)38-36-27(12)23(8)21(6)25(10)33(36)34(28(30)13)37(31)38/h14-17H,1-13H3/b18-14+,19-15-,29-16-. The Morgan fingerprint density at radius 2 is 1.03 bits per heavy atom. The minimum absolute atomic E-state index is 1.29. The molecule has 0 amide bonds. The zero-order valence-electron chi connectivity index (χ0n) is 25.8. The van der Waals surface area contributed by atoms with E-state index in [1.807, 2.05) is 0 Å². The van der Waals surface area contributed by atoms with Gasteiger partial charge < -0.3 is 4.40 Å². The van der Waals surface area contributed by atoms with Gasteiger partial charge in [0.05, 0.1) is 16.6 Å². The van der Waals surface area contributed by atoms with Gasteiger partial charge in [-0.05, 0) is 163 Å². The molecule has 0 bridgehead atoms. The number of allylic oxidation sites excluding steroid dienone is 6. The topological polar surface area (TPSA) is 4.41 Å². The molecule has 2 heterocycles. The van der Waals surface area contributed by atoms with Crippen molar-refractivity contribution in [3.63, 3.8) is 0 Å². The second-order valence-corrected chi connectivity index (χ2v) is 11.7. The van der Waals surface area contributed by atoms with Crippen LogP contribution in [-0.2, 0) is 0 Å². The quantitative estimate of drug-likeness (QED) is 0.217. The molecule has 0 atom stereocenters. The molecule has 1 heteroatoms. The van der Waals surface area contributed by atoms with Gasteiger partial charge in [-0.2, -0.15) is 0 Å². The number of aryl methyl sites for hydroxylation is 5. The number of aromatic nitrogens is 1. The van der Waals surface area contributed by atoms with Crippen LogP contribution in [0, 0.1) is 62.3 Å². The van der Waals surface area contributed by atoms with Crippen molar-refractivity contribution < 1.29 is 0 Å². The lowest BCUT2D eigenvalue weighted by Gasteiger charge is -2.17. The maximum atomic E-state index is 2.64. The maximum Gasteiger partial charge on any atom is 0.0624 e. The van der Waals surface area contributed by atoms with Crippen LogP contribution in [0.25, 0.3) is 43.7 Å². The van der Waals surface area contributed by atoms with E-state index in [0.717, 1.165) is 0 Å². The second kappa shape index (κ2) is 8.87. The molecule has 0 aliphatic rings. The first-order chi connectivity index (χ1) is 17.9. The summed E-state index contributed by atoms with van der Waals surface area (Å²) in [6, 6.07) is 2.51. The van der Waals surface area contributed by atoms with Crippen molar-refractivity contribution >= 4 is 43.7 Å². The van der Waals surface area contributed by atoms with E-state index in [1.165, 1.54) is 110 Å². The second-order valence-electron chi connectivity index (χ2n) is 11.7. The van der Waals surface area contributed by atoms with E-state index in [-0.39, 0.29) is 0 Å². The molecule has 0 saturated carbocycles. The van der Waals surface area contributed by atoms with Gasteiger partial charge in [-0.1, -0.05) is 23.8 Å². The molecule has 1 nitrogen and oxygen atoms in total. The predicted octanol–water partition coefficient (Wildman–Crippen LogP) is 10.9. The third-order valence-corrected chi connectivity index (χ3v) is 10.0. The number of hydrogen-bond acceptors (Lipinski definition) is 0. The van der Waals surface area contributed by atoms with Crippen molar-refractivity contribution in [2.24, 2.45) is 0 Å². The fourth-order valence-electron chi connectivity index (χ4n) is 6.76. The van der Waals surface area contributed by atoms with Crippen molar-refractivity contribution in [2.75, 3.05) is 0 Å². The molecule has 0 saturated heterocycles. The molecule has 196 valence electrons. The molecule has 0 aliphatic carbocycles. The Morgan fingerprint density at radius 1 is 0.553 bits per heavy atom. The van der Waals surface area contributed by atoms with Gasteiger partial charge in [0, 0.05) is 21.5 Å². The first-order valence-electron chi connectivity index (χ1n) is 14.1. The summed E-state index contributed by atoms with van der Waals surface area (Å²) in [4.78, 5) is 0. The Hall–Kier alpha value is -3.32. The van der Waals surface area contributed by atoms with Gasteiger partial charge in [0.2, 0.25) is 0 Å². The maximum absolute atomic E-state index is 2.64. The molecular weight excluding hydrogens is 458 g/mol. The summed E-state index contributed by atoms with van der Waals surface area (Å²) in [5.41, 5.74) is 22.1. The summed E-state index contributed by atoms with van der Waals surface area (Å²) < 4.78 is 2.64. The van der Waals surface area contributed by atoms with Crippen LogP contribution in [0.5, 0.6) is 0 Å². The molecule has 3 aromatic carbocycles. The minimum atomic E-state index is 1.29. The largest absolute Gasteiger partial charge is 0.307 e. The third-order valence-electron chi connectivity index (χ3n) is 10.0. The SMILES string of the molecule is C\C=C(C)/C(=C/C(C)=C/C)c1cc2c3c(C)c(C)c(C)c(C)c3n3c4c(C)c(C)c(C)c(C)c4c(c1C)c23. The number of nitrogens with zero attached hydrogens (tertiary/aromatic N) is 1. The molecule has 38 heavy (non-hydrogen) atoms. The fraction of sp³-hybridized carbons (Fsp3) is 0.351. The average Bonchev–Trinajstić information content (AvgIpc) is 3.43. The molecule has 0 radical (unpaired) electrons. The fourth-order valence-corrected chi connectivity index (χ4v) is 6.76. The predicted molar refractivity (Wildman–Crippen MR) is 171 cm³/mol. The van der Waals surface area contributed by atoms with Crippen molar-refractivity contribution in [3.05, 3.63) is 91.1 Å². The Labute approximate surface area is 228 Å². The summed E-state index contributed by atoms with van der Waals surface area (Å²) in [6.45, 7) is 29.6. The van der Waals surface area contributed by atoms with E-state index in [1.54, 1.807) is 0 Å². The number of rotatable bonds is 3. The molecule has 5 aromatic rings. The highest BCUT2D eigenvalue weighted by atomic mass is 14.9. The smallest absolute Gasteiger partial charge is 0.0624 e. The summed E-state index contributed by atoms with van der Waals surface area (Å²) in [5.74, 6) is 0. The van der Waals surface area contributed by atoms with Crippen LogP contribution in [0.3, 0.4) is 0 Å². The molecule has 0 aliphatic heterocycles. The Bertz CT molecular complexity index is 1910. The van der Waals surface area contributed by atoms with Crippen molar-refractivity contribution in [1.29, 1.82) is 0 Å². The Balaban J connectivity index is 2.23. The van der Waals surface area contributed by atoms with Crippen LogP contribution in [0.4, 0.5) is 0 Å². The highest BCUT2D eigenvalue weighted by Gasteiger charge is 2.27. The van der Waals surface area contributed by atoms with E-state index in [4.69, 9.17) is 0 Å². The van der Waals surface area contributed by atoms with E-state index in [0.29, 0.717) is 0 Å². The third kappa shape index (κ3) is 3.24. The van der Waals surface area contributed by atoms with Gasteiger partial charge >= 0.3 is 0 Å². The summed E-state index contributed by atoms with van der Waals surface area (Å²) in [6.07, 6.45) is 6.83. The van der Waals surface area contributed by atoms with Gasteiger partial charge in [-0.3, -0.25) is 0 Å². The summed E-state index contributed by atoms with van der Waals surface area (Å²) in [7, 11) is 0. The van der Waals surface area contributed by atoms with Crippen LogP contribution < -0.4 is 0 Å². The number of hydrogen-bond donors (Lipinski definition) is 0. The van der Waals surface area contributed by atoms with E-state index >= 15 is 0 Å². The first kappa shape index (κ1) is 26.3.